The number of hydrogen-bond acceptors (Lipinski definition) is 3. The fourth-order valence-electron chi connectivity index (χ4n) is 0.957. The summed E-state index contributed by atoms with van der Waals surface area (Å²) in [6, 6.07) is 0. The Morgan fingerprint density at radius 3 is 2.58 bits per heavy atom. The number of hydrogen-bond donors (Lipinski definition) is 2. The first-order chi connectivity index (χ1) is 5.70. The fourth-order valence-corrected chi connectivity index (χ4v) is 1.24. The lowest BCUT2D eigenvalue weighted by molar-refractivity contribution is 0.501. The Balaban J connectivity index is 3.10. The van der Waals surface area contributed by atoms with E-state index in [2.05, 4.69) is 25.4 Å². The standard InChI is InChI=1S/C9H22N2S/c1-8(7-10)5-4-6-11-9(2)12-3/h8-9,11H,4-7,10H2,1-3H3. The fraction of sp³-hybridized carbons (Fsp3) is 1.00. The van der Waals surface area contributed by atoms with Crippen LogP contribution in [0.3, 0.4) is 0 Å². The molecule has 2 nitrogen and oxygen atoms in total. The monoisotopic (exact) mass is 190 g/mol. The van der Waals surface area contributed by atoms with Crippen LogP contribution in [0.5, 0.6) is 0 Å². The van der Waals surface area contributed by atoms with Gasteiger partial charge in [0.1, 0.15) is 0 Å². The number of nitrogens with one attached hydrogen (secondary N) is 1. The summed E-state index contributed by atoms with van der Waals surface area (Å²) in [4.78, 5) is 0. The van der Waals surface area contributed by atoms with Crippen LogP contribution in [0.1, 0.15) is 26.7 Å². The lowest BCUT2D eigenvalue weighted by atomic mass is 10.1. The summed E-state index contributed by atoms with van der Waals surface area (Å²) in [5.74, 6) is 0.677. The van der Waals surface area contributed by atoms with Crippen molar-refractivity contribution in [1.29, 1.82) is 0 Å². The Labute approximate surface area is 80.7 Å². The highest BCUT2D eigenvalue weighted by atomic mass is 32.2. The highest BCUT2D eigenvalue weighted by molar-refractivity contribution is 7.99. The Hall–Kier alpha value is 0.270. The Kier molecular flexibility index (Phi) is 8.07. The van der Waals surface area contributed by atoms with E-state index in [0.717, 1.165) is 13.1 Å². The van der Waals surface area contributed by atoms with E-state index in [4.69, 9.17) is 5.73 Å². The molecule has 12 heavy (non-hydrogen) atoms. The van der Waals surface area contributed by atoms with Gasteiger partial charge in [-0.1, -0.05) is 6.92 Å². The van der Waals surface area contributed by atoms with Gasteiger partial charge < -0.3 is 11.1 Å². The Bertz CT molecular complexity index is 86.5. The van der Waals surface area contributed by atoms with Gasteiger partial charge in [-0.3, -0.25) is 0 Å². The van der Waals surface area contributed by atoms with E-state index in [9.17, 15) is 0 Å². The molecule has 0 aliphatic rings. The average molecular weight is 190 g/mol. The van der Waals surface area contributed by atoms with Crippen molar-refractivity contribution in [2.45, 2.75) is 32.1 Å². The van der Waals surface area contributed by atoms with Crippen LogP contribution in [0.4, 0.5) is 0 Å². The molecule has 0 aromatic heterocycles. The summed E-state index contributed by atoms with van der Waals surface area (Å²) >= 11 is 1.85. The lowest BCUT2D eigenvalue weighted by Gasteiger charge is -2.12. The van der Waals surface area contributed by atoms with Gasteiger partial charge in [0.2, 0.25) is 0 Å². The highest BCUT2D eigenvalue weighted by Gasteiger charge is 1.99. The molecule has 74 valence electrons. The molecule has 0 spiro atoms. The maximum atomic E-state index is 5.52. The summed E-state index contributed by atoms with van der Waals surface area (Å²) in [5, 5.41) is 4.02. The van der Waals surface area contributed by atoms with Crippen LogP contribution in [-0.2, 0) is 0 Å². The largest absolute Gasteiger partial charge is 0.330 e. The minimum Gasteiger partial charge on any atom is -0.330 e. The van der Waals surface area contributed by atoms with Crippen LogP contribution in [0, 0.1) is 5.92 Å². The number of thioether (sulfide) groups is 1. The zero-order valence-electron chi connectivity index (χ0n) is 8.47. The molecule has 0 fully saturated rings. The maximum Gasteiger partial charge on any atom is 0.0500 e. The van der Waals surface area contributed by atoms with Crippen LogP contribution in [-0.4, -0.2) is 24.7 Å². The molecular formula is C9H22N2S. The van der Waals surface area contributed by atoms with Crippen molar-refractivity contribution in [2.24, 2.45) is 11.7 Å². The number of rotatable bonds is 7. The second kappa shape index (κ2) is 7.90. The van der Waals surface area contributed by atoms with Gasteiger partial charge in [0.15, 0.2) is 0 Å². The molecule has 0 aromatic carbocycles. The smallest absolute Gasteiger partial charge is 0.0500 e. The third-order valence-corrected chi connectivity index (χ3v) is 2.94. The van der Waals surface area contributed by atoms with Crippen molar-refractivity contribution in [3.05, 3.63) is 0 Å². The third-order valence-electron chi connectivity index (χ3n) is 2.06. The summed E-state index contributed by atoms with van der Waals surface area (Å²) in [5.41, 5.74) is 5.52. The molecule has 3 heteroatoms. The Morgan fingerprint density at radius 1 is 1.42 bits per heavy atom. The molecule has 0 saturated heterocycles. The quantitative estimate of drug-likeness (QED) is 0.474. The van der Waals surface area contributed by atoms with E-state index in [0.29, 0.717) is 11.3 Å². The first kappa shape index (κ1) is 12.3. The van der Waals surface area contributed by atoms with E-state index in [1.807, 2.05) is 11.8 Å². The summed E-state index contributed by atoms with van der Waals surface area (Å²) in [6.45, 7) is 6.33. The van der Waals surface area contributed by atoms with Crippen LogP contribution in [0.25, 0.3) is 0 Å². The van der Waals surface area contributed by atoms with E-state index in [-0.39, 0.29) is 0 Å². The minimum atomic E-state index is 0.582. The molecule has 3 N–H and O–H groups in total. The van der Waals surface area contributed by atoms with Crippen LogP contribution in [0.2, 0.25) is 0 Å². The maximum absolute atomic E-state index is 5.52. The second-order valence-electron chi connectivity index (χ2n) is 3.32. The van der Waals surface area contributed by atoms with E-state index >= 15 is 0 Å². The van der Waals surface area contributed by atoms with Gasteiger partial charge in [-0.05, 0) is 45.0 Å². The van der Waals surface area contributed by atoms with Gasteiger partial charge in [-0.25, -0.2) is 0 Å². The van der Waals surface area contributed by atoms with E-state index in [1.165, 1.54) is 12.8 Å². The van der Waals surface area contributed by atoms with Crippen molar-refractivity contribution < 1.29 is 0 Å². The van der Waals surface area contributed by atoms with Gasteiger partial charge in [0.05, 0.1) is 5.37 Å². The van der Waals surface area contributed by atoms with E-state index < -0.39 is 0 Å². The van der Waals surface area contributed by atoms with Crippen molar-refractivity contribution in [2.75, 3.05) is 19.3 Å². The van der Waals surface area contributed by atoms with Crippen LogP contribution < -0.4 is 11.1 Å². The highest BCUT2D eigenvalue weighted by Crippen LogP contribution is 2.04. The lowest BCUT2D eigenvalue weighted by Crippen LogP contribution is -2.24. The third kappa shape index (κ3) is 6.95. The molecule has 0 aromatic rings. The molecule has 2 atom stereocenters. The topological polar surface area (TPSA) is 38.0 Å². The molecule has 0 saturated carbocycles. The van der Waals surface area contributed by atoms with Gasteiger partial charge in [0.25, 0.3) is 0 Å². The van der Waals surface area contributed by atoms with Crippen molar-refractivity contribution in [3.8, 4) is 0 Å². The molecule has 0 heterocycles. The molecule has 0 rings (SSSR count). The first-order valence-electron chi connectivity index (χ1n) is 4.67. The van der Waals surface area contributed by atoms with Gasteiger partial charge >= 0.3 is 0 Å². The second-order valence-corrected chi connectivity index (χ2v) is 4.49. The molecule has 2 unspecified atom stereocenters. The van der Waals surface area contributed by atoms with E-state index in [1.54, 1.807) is 0 Å². The summed E-state index contributed by atoms with van der Waals surface area (Å²) in [7, 11) is 0. The molecule has 0 bridgehead atoms. The summed E-state index contributed by atoms with van der Waals surface area (Å²) in [6.07, 6.45) is 4.61. The zero-order valence-corrected chi connectivity index (χ0v) is 9.29. The van der Waals surface area contributed by atoms with Crippen LogP contribution >= 0.6 is 11.8 Å². The minimum absolute atomic E-state index is 0.582. The average Bonchev–Trinajstić information content (AvgIpc) is 2.11. The molecule has 0 aliphatic carbocycles. The SMILES string of the molecule is CSC(C)NCCCC(C)CN. The number of nitrogens with two attached hydrogens (primary N) is 1. The predicted molar refractivity (Wildman–Crippen MR) is 58.4 cm³/mol. The van der Waals surface area contributed by atoms with Crippen LogP contribution in [0.15, 0.2) is 0 Å². The molecule has 0 radical (unpaired) electrons. The first-order valence-corrected chi connectivity index (χ1v) is 5.95. The normalized spacial score (nSPS) is 16.0. The van der Waals surface area contributed by atoms with Gasteiger partial charge in [-0.2, -0.15) is 0 Å². The van der Waals surface area contributed by atoms with Crippen molar-refractivity contribution in [1.82, 2.24) is 5.32 Å². The Morgan fingerprint density at radius 2 is 2.08 bits per heavy atom. The summed E-state index contributed by atoms with van der Waals surface area (Å²) < 4.78 is 0. The zero-order chi connectivity index (χ0) is 9.40. The molecular weight excluding hydrogens is 168 g/mol. The molecule has 0 aliphatic heterocycles. The van der Waals surface area contributed by atoms with Crippen molar-refractivity contribution >= 4 is 11.8 Å². The van der Waals surface area contributed by atoms with Crippen molar-refractivity contribution in [3.63, 3.8) is 0 Å². The van der Waals surface area contributed by atoms with Gasteiger partial charge in [0, 0.05) is 0 Å². The predicted octanol–water partition coefficient (Wildman–Crippen LogP) is 1.66. The van der Waals surface area contributed by atoms with Gasteiger partial charge in [-0.15, -0.1) is 11.8 Å². The molecule has 0 amide bonds.